The van der Waals surface area contributed by atoms with E-state index in [0.717, 1.165) is 38.5 Å². The zero-order valence-corrected chi connectivity index (χ0v) is 29.4. The average Bonchev–Trinajstić information content (AvgIpc) is 3.07. The molecule has 1 aromatic rings. The Morgan fingerprint density at radius 1 is 0.830 bits per heavy atom. The summed E-state index contributed by atoms with van der Waals surface area (Å²) in [5.74, 6) is 0.0333. The molecule has 0 aliphatic rings. The lowest BCUT2D eigenvalue weighted by atomic mass is 10.2. The van der Waals surface area contributed by atoms with Crippen molar-refractivity contribution >= 4 is 19.3 Å². The van der Waals surface area contributed by atoms with E-state index >= 15 is 0 Å². The van der Waals surface area contributed by atoms with Crippen LogP contribution in [0, 0.1) is 10.1 Å². The molecule has 0 aliphatic heterocycles. The Hall–Kier alpha value is -3.72. The Labute approximate surface area is 281 Å². The molecule has 2 N–H and O–H groups in total. The van der Waals surface area contributed by atoms with Crippen molar-refractivity contribution in [2.24, 2.45) is 0 Å². The van der Waals surface area contributed by atoms with Gasteiger partial charge in [-0.25, -0.2) is 9.65 Å². The van der Waals surface area contributed by atoms with Gasteiger partial charge in [0.15, 0.2) is 11.5 Å². The van der Waals surface area contributed by atoms with Crippen molar-refractivity contribution in [2.45, 2.75) is 91.1 Å². The second-order valence-corrected chi connectivity index (χ2v) is 12.3. The molecule has 0 spiro atoms. The number of ether oxygens (including phenoxy) is 1. The van der Waals surface area contributed by atoms with Crippen molar-refractivity contribution in [3.05, 3.63) is 101 Å². The molecule has 0 bridgehead atoms. The highest BCUT2D eigenvalue weighted by Gasteiger charge is 2.27. The molecule has 1 amide bonds. The summed E-state index contributed by atoms with van der Waals surface area (Å²) in [7, 11) is -2.62. The van der Waals surface area contributed by atoms with Crippen molar-refractivity contribution in [1.82, 2.24) is 10.4 Å². The van der Waals surface area contributed by atoms with Crippen molar-refractivity contribution in [3.63, 3.8) is 0 Å². The number of carbonyl (C=O) groups excluding carboxylic acids is 1. The van der Waals surface area contributed by atoms with Crippen LogP contribution in [0.3, 0.4) is 0 Å². The molecule has 1 rings (SSSR count). The van der Waals surface area contributed by atoms with Crippen molar-refractivity contribution in [2.75, 3.05) is 20.2 Å². The largest absolute Gasteiger partial charge is 0.486 e. The van der Waals surface area contributed by atoms with E-state index in [-0.39, 0.29) is 42.3 Å². The standard InChI is InChI=1S/C36H54N3O7P/c1-5-8-9-10-11-12-13-14-15-16-17-18-19-20-21-22-23-24-25-26-36(40)37-29-30-38-47(43,44-4)46-34-28-27-32(39(41)42)31-35(34)45-33(6-2)7-3/h8-9,11-12,14-15,17-18,20-21,23-24,27-28,31,33H,5-7,10,13,16,19,22,25-26,29-30H2,1-4H3,(H,37,40)(H,38,43)/b9-8-,12-11-,15-14-,18-17-,21-20-,24-23-. The van der Waals surface area contributed by atoms with Crippen LogP contribution in [0.25, 0.3) is 0 Å². The number of hydrogen-bond donors (Lipinski definition) is 2. The third-order valence-corrected chi connectivity index (χ3v) is 8.22. The van der Waals surface area contributed by atoms with Gasteiger partial charge in [-0.05, 0) is 63.9 Å². The number of allylic oxidation sites excluding steroid dienone is 12. The highest BCUT2D eigenvalue weighted by molar-refractivity contribution is 7.52. The highest BCUT2D eigenvalue weighted by Crippen LogP contribution is 2.47. The third-order valence-electron chi connectivity index (χ3n) is 6.69. The molecule has 11 heteroatoms. The maximum atomic E-state index is 13.2. The Morgan fingerprint density at radius 3 is 1.85 bits per heavy atom. The molecule has 0 saturated carbocycles. The van der Waals surface area contributed by atoms with E-state index in [9.17, 15) is 19.5 Å². The van der Waals surface area contributed by atoms with Crippen molar-refractivity contribution < 1.29 is 28.1 Å². The molecule has 1 aromatic carbocycles. The van der Waals surface area contributed by atoms with E-state index in [1.165, 1.54) is 25.3 Å². The summed E-state index contributed by atoms with van der Waals surface area (Å²) in [5, 5.41) is 16.7. The van der Waals surface area contributed by atoms with Gasteiger partial charge in [0.25, 0.3) is 5.69 Å². The van der Waals surface area contributed by atoms with E-state index in [0.29, 0.717) is 25.7 Å². The molecule has 0 radical (unpaired) electrons. The van der Waals surface area contributed by atoms with Crippen molar-refractivity contribution in [3.8, 4) is 11.5 Å². The Morgan fingerprint density at radius 2 is 1.36 bits per heavy atom. The summed E-state index contributed by atoms with van der Waals surface area (Å²) in [6.45, 7) is 6.33. The van der Waals surface area contributed by atoms with Gasteiger partial charge >= 0.3 is 7.75 Å². The summed E-state index contributed by atoms with van der Waals surface area (Å²) in [5.41, 5.74) is -0.176. The third kappa shape index (κ3) is 20.2. The second-order valence-electron chi connectivity index (χ2n) is 10.4. The maximum absolute atomic E-state index is 13.2. The van der Waals surface area contributed by atoms with Gasteiger partial charge in [0.05, 0.1) is 17.1 Å². The number of rotatable bonds is 26. The number of nitro groups is 1. The minimum atomic E-state index is -3.85. The molecule has 260 valence electrons. The fourth-order valence-corrected chi connectivity index (χ4v) is 5.08. The number of nitro benzene ring substituents is 1. The van der Waals surface area contributed by atoms with Crippen LogP contribution in [0.5, 0.6) is 11.5 Å². The molecule has 1 unspecified atom stereocenters. The topological polar surface area (TPSA) is 129 Å². The van der Waals surface area contributed by atoms with Crippen molar-refractivity contribution in [1.29, 1.82) is 0 Å². The molecule has 10 nitrogen and oxygen atoms in total. The lowest BCUT2D eigenvalue weighted by Crippen LogP contribution is -2.31. The Kier molecular flexibility index (Phi) is 23.2. The molecule has 0 aliphatic carbocycles. The van der Waals surface area contributed by atoms with E-state index in [4.69, 9.17) is 13.8 Å². The van der Waals surface area contributed by atoms with Crippen LogP contribution in [0.1, 0.15) is 85.0 Å². The first-order valence-corrected chi connectivity index (χ1v) is 18.0. The number of carbonyl (C=O) groups is 1. The quantitative estimate of drug-likeness (QED) is 0.0328. The van der Waals surface area contributed by atoms with E-state index < -0.39 is 12.7 Å². The Balaban J connectivity index is 2.31. The second kappa shape index (κ2) is 26.4. The van der Waals surface area contributed by atoms with Gasteiger partial charge in [0.1, 0.15) is 0 Å². The molecule has 0 aromatic heterocycles. The minimum absolute atomic E-state index is 0.0561. The van der Waals surface area contributed by atoms with Gasteiger partial charge in [0, 0.05) is 32.7 Å². The van der Waals surface area contributed by atoms with Gasteiger partial charge in [0.2, 0.25) is 5.91 Å². The lowest BCUT2D eigenvalue weighted by molar-refractivity contribution is -0.385. The van der Waals surface area contributed by atoms with Gasteiger partial charge in [-0.2, -0.15) is 0 Å². The van der Waals surface area contributed by atoms with Crippen LogP contribution in [0.15, 0.2) is 91.1 Å². The number of non-ortho nitro benzene ring substituents is 1. The molecule has 0 fully saturated rings. The predicted molar refractivity (Wildman–Crippen MR) is 192 cm³/mol. The highest BCUT2D eigenvalue weighted by atomic mass is 31.2. The monoisotopic (exact) mass is 671 g/mol. The van der Waals surface area contributed by atoms with Crippen LogP contribution >= 0.6 is 7.75 Å². The summed E-state index contributed by atoms with van der Waals surface area (Å²) < 4.78 is 29.8. The summed E-state index contributed by atoms with van der Waals surface area (Å²) in [4.78, 5) is 22.9. The number of nitrogens with zero attached hydrogens (tertiary/aromatic N) is 1. The van der Waals surface area contributed by atoms with Gasteiger partial charge in [-0.1, -0.05) is 93.7 Å². The van der Waals surface area contributed by atoms with Crippen LogP contribution in [-0.4, -0.2) is 37.1 Å². The first-order chi connectivity index (χ1) is 22.8. The fraction of sp³-hybridized carbons (Fsp3) is 0.472. The number of nitrogens with one attached hydrogen (secondary N) is 2. The first kappa shape index (κ1) is 41.3. The van der Waals surface area contributed by atoms with Crippen LogP contribution in [0.2, 0.25) is 0 Å². The smallest absolute Gasteiger partial charge is 0.458 e. The molecular weight excluding hydrogens is 617 g/mol. The summed E-state index contributed by atoms with van der Waals surface area (Å²) in [6, 6.07) is 3.82. The number of benzene rings is 1. The number of hydrogen-bond acceptors (Lipinski definition) is 7. The van der Waals surface area contributed by atoms with Gasteiger partial charge in [-0.15, -0.1) is 0 Å². The molecule has 47 heavy (non-hydrogen) atoms. The lowest BCUT2D eigenvalue weighted by Gasteiger charge is -2.22. The van der Waals surface area contributed by atoms with E-state index in [1.54, 1.807) is 0 Å². The van der Waals surface area contributed by atoms with E-state index in [1.807, 2.05) is 26.0 Å². The molecule has 1 atom stereocenters. The zero-order valence-electron chi connectivity index (χ0n) is 28.5. The summed E-state index contributed by atoms with van der Waals surface area (Å²) in [6.07, 6.45) is 33.5. The predicted octanol–water partition coefficient (Wildman–Crippen LogP) is 9.48. The molecule has 0 heterocycles. The normalized spacial score (nSPS) is 13.6. The summed E-state index contributed by atoms with van der Waals surface area (Å²) >= 11 is 0. The SMILES string of the molecule is CC/C=C\C/C=C\C/C=C\C/C=C\C/C=C\C/C=C\CCC(=O)NCCNP(=O)(OC)Oc1ccc([N+](=O)[O-])cc1OC(CC)CC. The Bertz CT molecular complexity index is 1270. The number of amides is 1. The van der Waals surface area contributed by atoms with E-state index in [2.05, 4.69) is 78.1 Å². The zero-order chi connectivity index (χ0) is 34.6. The van der Waals surface area contributed by atoms with Crippen LogP contribution < -0.4 is 19.7 Å². The fourth-order valence-electron chi connectivity index (χ4n) is 4.01. The molecular formula is C36H54N3O7P. The van der Waals surface area contributed by atoms with Crippen LogP contribution in [0.4, 0.5) is 5.69 Å². The van der Waals surface area contributed by atoms with Gasteiger partial charge in [-0.3, -0.25) is 19.4 Å². The first-order valence-electron chi connectivity index (χ1n) is 16.5. The molecule has 0 saturated heterocycles. The van der Waals surface area contributed by atoms with Crippen LogP contribution in [-0.2, 0) is 13.9 Å². The maximum Gasteiger partial charge on any atom is 0.458 e. The van der Waals surface area contributed by atoms with Gasteiger partial charge < -0.3 is 14.6 Å². The minimum Gasteiger partial charge on any atom is -0.486 e. The average molecular weight is 672 g/mol.